The highest BCUT2D eigenvalue weighted by molar-refractivity contribution is 5.95. The zero-order chi connectivity index (χ0) is 17.3. The van der Waals surface area contributed by atoms with Crippen LogP contribution < -0.4 is 14.9 Å². The first-order valence-electron chi connectivity index (χ1n) is 8.13. The Morgan fingerprint density at radius 1 is 1.12 bits per heavy atom. The Labute approximate surface area is 144 Å². The second-order valence-corrected chi connectivity index (χ2v) is 6.46. The predicted octanol–water partition coefficient (Wildman–Crippen LogP) is 3.14. The largest absolute Gasteiger partial charge is 0.489 e. The van der Waals surface area contributed by atoms with Crippen molar-refractivity contribution < 1.29 is 18.7 Å². The Hall–Kier alpha value is -2.89. The molecule has 1 N–H and O–H groups in total. The smallest absolute Gasteiger partial charge is 0.271 e. The lowest BCUT2D eigenvalue weighted by molar-refractivity contribution is 0.0954. The Morgan fingerprint density at radius 3 is 2.64 bits per heavy atom. The van der Waals surface area contributed by atoms with E-state index < -0.39 is 11.7 Å². The van der Waals surface area contributed by atoms with E-state index in [4.69, 9.17) is 9.47 Å². The molecule has 0 radical (unpaired) electrons. The third-order valence-corrected chi connectivity index (χ3v) is 4.51. The van der Waals surface area contributed by atoms with E-state index in [-0.39, 0.29) is 5.41 Å². The molecular formula is C19H17FN2O3. The molecule has 5 nitrogen and oxygen atoms in total. The Bertz CT molecular complexity index is 846. The second-order valence-electron chi connectivity index (χ2n) is 6.46. The van der Waals surface area contributed by atoms with Gasteiger partial charge in [-0.2, -0.15) is 5.10 Å². The van der Waals surface area contributed by atoms with Crippen LogP contribution in [0.1, 0.15) is 28.8 Å². The molecule has 0 atom stereocenters. The average Bonchev–Trinajstić information content (AvgIpc) is 3.43. The summed E-state index contributed by atoms with van der Waals surface area (Å²) in [5.74, 6) is 0.416. The molecule has 2 aliphatic rings. The summed E-state index contributed by atoms with van der Waals surface area (Å²) < 4.78 is 25.1. The molecule has 6 heteroatoms. The molecular weight excluding hydrogens is 323 g/mol. The molecule has 25 heavy (non-hydrogen) atoms. The minimum absolute atomic E-state index is 0.144. The van der Waals surface area contributed by atoms with Crippen molar-refractivity contribution in [1.82, 2.24) is 5.43 Å². The van der Waals surface area contributed by atoms with Crippen molar-refractivity contribution >= 4 is 12.1 Å². The maximum Gasteiger partial charge on any atom is 0.271 e. The molecule has 1 aliphatic carbocycles. The monoisotopic (exact) mass is 340 g/mol. The summed E-state index contributed by atoms with van der Waals surface area (Å²) in [6.45, 7) is 1.26. The van der Waals surface area contributed by atoms with Gasteiger partial charge in [-0.05, 0) is 37.1 Å². The number of rotatable bonds is 3. The lowest BCUT2D eigenvalue weighted by atomic mass is 10.1. The first kappa shape index (κ1) is 15.6. The van der Waals surface area contributed by atoms with Crippen molar-refractivity contribution in [1.29, 1.82) is 0 Å². The number of hydrogen-bond donors (Lipinski definition) is 1. The molecule has 0 aromatic heterocycles. The van der Waals surface area contributed by atoms with E-state index in [1.165, 1.54) is 12.3 Å². The van der Waals surface area contributed by atoms with Gasteiger partial charge in [0.25, 0.3) is 5.91 Å². The third kappa shape index (κ3) is 3.33. The summed E-state index contributed by atoms with van der Waals surface area (Å²) in [7, 11) is 0. The van der Waals surface area contributed by atoms with Gasteiger partial charge in [0.2, 0.25) is 0 Å². The van der Waals surface area contributed by atoms with Gasteiger partial charge < -0.3 is 9.47 Å². The predicted molar refractivity (Wildman–Crippen MR) is 90.6 cm³/mol. The van der Waals surface area contributed by atoms with E-state index >= 15 is 0 Å². The van der Waals surface area contributed by atoms with Crippen LogP contribution in [0.3, 0.4) is 0 Å². The lowest BCUT2D eigenvalue weighted by Crippen LogP contribution is -2.18. The summed E-state index contributed by atoms with van der Waals surface area (Å²) in [5, 5.41) is 3.81. The number of hydrazone groups is 1. The minimum atomic E-state index is -0.399. The third-order valence-electron chi connectivity index (χ3n) is 4.51. The number of fused-ring (bicyclic) bond motifs is 1. The summed E-state index contributed by atoms with van der Waals surface area (Å²) >= 11 is 0. The van der Waals surface area contributed by atoms with Crippen LogP contribution in [0.2, 0.25) is 0 Å². The minimum Gasteiger partial charge on any atom is -0.489 e. The van der Waals surface area contributed by atoms with E-state index in [0.717, 1.165) is 12.8 Å². The van der Waals surface area contributed by atoms with Crippen LogP contribution in [-0.4, -0.2) is 25.3 Å². The van der Waals surface area contributed by atoms with Gasteiger partial charge in [-0.15, -0.1) is 0 Å². The molecule has 1 aliphatic heterocycles. The fourth-order valence-electron chi connectivity index (χ4n) is 2.65. The van der Waals surface area contributed by atoms with Gasteiger partial charge in [-0.25, -0.2) is 9.82 Å². The highest BCUT2D eigenvalue weighted by Crippen LogP contribution is 2.49. The maximum atomic E-state index is 13.5. The van der Waals surface area contributed by atoms with Gasteiger partial charge in [0.1, 0.15) is 5.82 Å². The summed E-state index contributed by atoms with van der Waals surface area (Å²) in [4.78, 5) is 12.2. The summed E-state index contributed by atoms with van der Waals surface area (Å²) in [5.41, 5.74) is 3.24. The van der Waals surface area contributed by atoms with Crippen LogP contribution in [0.15, 0.2) is 47.6 Å². The summed E-state index contributed by atoms with van der Waals surface area (Å²) in [6.07, 6.45) is 3.49. The van der Waals surface area contributed by atoms with Gasteiger partial charge in [0.05, 0.1) is 19.4 Å². The normalized spacial score (nSPS) is 17.3. The number of hydrogen-bond acceptors (Lipinski definition) is 4. The van der Waals surface area contributed by atoms with Gasteiger partial charge >= 0.3 is 0 Å². The van der Waals surface area contributed by atoms with Crippen molar-refractivity contribution in [3.63, 3.8) is 0 Å². The number of carbonyl (C=O) groups is 1. The highest BCUT2D eigenvalue weighted by Gasteiger charge is 2.46. The van der Waals surface area contributed by atoms with Crippen LogP contribution >= 0.6 is 0 Å². The van der Waals surface area contributed by atoms with Crippen LogP contribution in [0, 0.1) is 11.2 Å². The second kappa shape index (κ2) is 6.20. The SMILES string of the molecule is O=C(N/N=C/c1ccccc1F)c1ccc2c(c1)OCC1(CC1)CO2. The molecule has 1 fully saturated rings. The quantitative estimate of drug-likeness (QED) is 0.690. The van der Waals surface area contributed by atoms with Crippen LogP contribution in [0.25, 0.3) is 0 Å². The number of halogens is 1. The molecule has 1 heterocycles. The van der Waals surface area contributed by atoms with Gasteiger partial charge in [-0.1, -0.05) is 18.2 Å². The molecule has 0 bridgehead atoms. The maximum absolute atomic E-state index is 13.5. The first-order valence-corrected chi connectivity index (χ1v) is 8.13. The number of nitrogens with zero attached hydrogens (tertiary/aromatic N) is 1. The number of ether oxygens (including phenoxy) is 2. The molecule has 2 aromatic rings. The number of nitrogens with one attached hydrogen (secondary N) is 1. The van der Waals surface area contributed by atoms with Gasteiger partial charge in [0.15, 0.2) is 11.5 Å². The molecule has 1 spiro atoms. The van der Waals surface area contributed by atoms with E-state index in [1.54, 1.807) is 36.4 Å². The average molecular weight is 340 g/mol. The van der Waals surface area contributed by atoms with Gasteiger partial charge in [-0.3, -0.25) is 4.79 Å². The molecule has 1 amide bonds. The van der Waals surface area contributed by atoms with Crippen LogP contribution in [0.5, 0.6) is 11.5 Å². The fraction of sp³-hybridized carbons (Fsp3) is 0.263. The molecule has 128 valence electrons. The Balaban J connectivity index is 1.44. The van der Waals surface area contributed by atoms with E-state index in [1.807, 2.05) is 0 Å². The number of benzene rings is 2. The zero-order valence-corrected chi connectivity index (χ0v) is 13.5. The van der Waals surface area contributed by atoms with Crippen molar-refractivity contribution in [2.24, 2.45) is 10.5 Å². The topological polar surface area (TPSA) is 59.9 Å². The molecule has 2 aromatic carbocycles. The lowest BCUT2D eigenvalue weighted by Gasteiger charge is -2.09. The van der Waals surface area contributed by atoms with Crippen molar-refractivity contribution in [3.05, 3.63) is 59.4 Å². The molecule has 0 unspecified atom stereocenters. The van der Waals surface area contributed by atoms with Crippen molar-refractivity contribution in [2.75, 3.05) is 13.2 Å². The van der Waals surface area contributed by atoms with E-state index in [2.05, 4.69) is 10.5 Å². The Morgan fingerprint density at radius 2 is 1.88 bits per heavy atom. The zero-order valence-electron chi connectivity index (χ0n) is 13.5. The number of amides is 1. The number of carbonyl (C=O) groups excluding carboxylic acids is 1. The Kier molecular flexibility index (Phi) is 3.87. The standard InChI is InChI=1S/C19H17FN2O3/c20-15-4-2-1-3-14(15)10-21-22-18(23)13-5-6-16-17(9-13)25-12-19(7-8-19)11-24-16/h1-6,9-10H,7-8,11-12H2,(H,22,23)/b21-10+. The molecule has 4 rings (SSSR count). The fourth-order valence-corrected chi connectivity index (χ4v) is 2.65. The highest BCUT2D eigenvalue weighted by atomic mass is 19.1. The van der Waals surface area contributed by atoms with Crippen molar-refractivity contribution in [3.8, 4) is 11.5 Å². The first-order chi connectivity index (χ1) is 12.2. The van der Waals surface area contributed by atoms with E-state index in [0.29, 0.717) is 35.8 Å². The van der Waals surface area contributed by atoms with Gasteiger partial charge in [0, 0.05) is 16.5 Å². The molecule has 0 saturated heterocycles. The van der Waals surface area contributed by atoms with Crippen LogP contribution in [-0.2, 0) is 0 Å². The van der Waals surface area contributed by atoms with E-state index in [9.17, 15) is 9.18 Å². The van der Waals surface area contributed by atoms with Crippen LogP contribution in [0.4, 0.5) is 4.39 Å². The molecule has 1 saturated carbocycles. The summed E-state index contributed by atoms with van der Waals surface area (Å²) in [6, 6.07) is 11.2. The van der Waals surface area contributed by atoms with Crippen molar-refractivity contribution in [2.45, 2.75) is 12.8 Å².